The summed E-state index contributed by atoms with van der Waals surface area (Å²) in [6, 6.07) is 30.2. The Morgan fingerprint density at radius 2 is 1.39 bits per heavy atom. The summed E-state index contributed by atoms with van der Waals surface area (Å²) in [5, 5.41) is 25.7. The van der Waals surface area contributed by atoms with Gasteiger partial charge in [0.2, 0.25) is 9.84 Å². The van der Waals surface area contributed by atoms with Crippen molar-refractivity contribution in [3.05, 3.63) is 181 Å². The predicted octanol–water partition coefficient (Wildman–Crippen LogP) is 7.35. The zero-order valence-electron chi connectivity index (χ0n) is 31.2. The molecule has 0 radical (unpaired) electrons. The topological polar surface area (TPSA) is 147 Å². The number of anilines is 1. The predicted molar refractivity (Wildman–Crippen MR) is 217 cm³/mol. The normalized spacial score (nSPS) is 13.2. The molecule has 0 spiro atoms. The number of carboxylic acids is 2. The van der Waals surface area contributed by atoms with Gasteiger partial charge in [-0.05, 0) is 119 Å². The first-order valence-corrected chi connectivity index (χ1v) is 19.5. The highest BCUT2D eigenvalue weighted by atomic mass is 32.2. The van der Waals surface area contributed by atoms with Crippen molar-refractivity contribution in [1.29, 1.82) is 0 Å². The molecule has 0 atom stereocenters. The summed E-state index contributed by atoms with van der Waals surface area (Å²) in [4.78, 5) is 34.1. The van der Waals surface area contributed by atoms with Crippen LogP contribution in [0.3, 0.4) is 0 Å². The number of benzene rings is 5. The van der Waals surface area contributed by atoms with Gasteiger partial charge in [0, 0.05) is 11.9 Å². The number of nitrogens with one attached hydrogen (secondary N) is 1. The largest absolute Gasteiger partial charge is 0.478 e. The third-order valence-electron chi connectivity index (χ3n) is 9.97. The number of carbonyl (C=O) groups is 3. The summed E-state index contributed by atoms with van der Waals surface area (Å²) in [7, 11) is -2.34. The molecule has 3 aliphatic rings. The molecule has 5 aromatic carbocycles. The third-order valence-corrected chi connectivity index (χ3v) is 11.9. The number of hydrogen-bond donors (Lipinski definition) is 3. The van der Waals surface area contributed by atoms with Crippen molar-refractivity contribution >= 4 is 50.5 Å². The van der Waals surface area contributed by atoms with E-state index in [-0.39, 0.29) is 22.3 Å². The molecule has 1 aliphatic heterocycles. The molecule has 0 fully saturated rings. The van der Waals surface area contributed by atoms with Crippen LogP contribution in [-0.2, 0) is 27.4 Å². The molecule has 10 heteroatoms. The SMILES string of the molecule is C1=CNc2ccccc2C=C1.COC(=O)c1cc(C(=O)O)c(C)c(C(=O)O)c1.Cc1ccc(S(=O)(=O)C2=c3ccc4c(c3CCC2)CC=c2ccccc2=4)cc1. The van der Waals surface area contributed by atoms with Crippen LogP contribution >= 0.6 is 0 Å². The van der Waals surface area contributed by atoms with Gasteiger partial charge in [-0.25, -0.2) is 22.8 Å². The van der Waals surface area contributed by atoms with Crippen LogP contribution in [0, 0.1) is 24.3 Å². The molecule has 2 aliphatic carbocycles. The minimum atomic E-state index is -3.47. The Hall–Kier alpha value is -6.52. The van der Waals surface area contributed by atoms with Crippen molar-refractivity contribution in [3.63, 3.8) is 0 Å². The number of hydrogen-bond acceptors (Lipinski definition) is 7. The first-order chi connectivity index (χ1) is 26.9. The van der Waals surface area contributed by atoms with Crippen molar-refractivity contribution < 1.29 is 37.8 Å². The van der Waals surface area contributed by atoms with Gasteiger partial charge in [0.1, 0.15) is 0 Å². The molecule has 8 rings (SSSR count). The monoisotopic (exact) mass is 767 g/mol. The Bertz CT molecular complexity index is 2730. The van der Waals surface area contributed by atoms with Crippen LogP contribution in [0.1, 0.15) is 71.7 Å². The molecule has 0 amide bonds. The molecule has 0 bridgehead atoms. The lowest BCUT2D eigenvalue weighted by Gasteiger charge is -2.20. The molecule has 0 saturated heterocycles. The average Bonchev–Trinajstić information content (AvgIpc) is 3.46. The smallest absolute Gasteiger partial charge is 0.337 e. The van der Waals surface area contributed by atoms with Gasteiger partial charge >= 0.3 is 17.9 Å². The maximum absolute atomic E-state index is 13.4. The van der Waals surface area contributed by atoms with E-state index in [1.165, 1.54) is 39.3 Å². The number of allylic oxidation sites excluding steroid dienone is 2. The van der Waals surface area contributed by atoms with Crippen LogP contribution in [0.5, 0.6) is 0 Å². The first kappa shape index (κ1) is 39.2. The Labute approximate surface area is 324 Å². The van der Waals surface area contributed by atoms with Crippen LogP contribution in [-0.4, -0.2) is 43.6 Å². The van der Waals surface area contributed by atoms with Crippen molar-refractivity contribution in [2.24, 2.45) is 0 Å². The third kappa shape index (κ3) is 8.25. The van der Waals surface area contributed by atoms with E-state index in [9.17, 15) is 22.8 Å². The summed E-state index contributed by atoms with van der Waals surface area (Å²) >= 11 is 0. The van der Waals surface area contributed by atoms with Gasteiger partial charge in [-0.1, -0.05) is 90.5 Å². The molecule has 0 saturated carbocycles. The van der Waals surface area contributed by atoms with Gasteiger partial charge in [-0.15, -0.1) is 0 Å². The van der Waals surface area contributed by atoms with Gasteiger partial charge in [0.05, 0.1) is 33.6 Å². The Balaban J connectivity index is 0.000000161. The van der Waals surface area contributed by atoms with Gasteiger partial charge < -0.3 is 20.3 Å². The molecule has 9 nitrogen and oxygen atoms in total. The van der Waals surface area contributed by atoms with Gasteiger partial charge in [0.15, 0.2) is 0 Å². The quantitative estimate of drug-likeness (QED) is 0.156. The molecule has 56 heavy (non-hydrogen) atoms. The highest BCUT2D eigenvalue weighted by Crippen LogP contribution is 2.29. The van der Waals surface area contributed by atoms with E-state index in [4.69, 9.17) is 10.2 Å². The number of fused-ring (bicyclic) bond motifs is 5. The lowest BCUT2D eigenvalue weighted by Crippen LogP contribution is -2.26. The number of aryl methyl sites for hydroxylation is 1. The fraction of sp³-hybridized carbons (Fsp3) is 0.152. The number of carbonyl (C=O) groups excluding carboxylic acids is 1. The zero-order chi connectivity index (χ0) is 40.0. The van der Waals surface area contributed by atoms with E-state index in [2.05, 4.69) is 64.7 Å². The number of rotatable bonds is 5. The molecule has 0 unspecified atom stereocenters. The molecule has 1 heterocycles. The van der Waals surface area contributed by atoms with Crippen LogP contribution in [0.4, 0.5) is 5.69 Å². The minimum Gasteiger partial charge on any atom is -0.478 e. The van der Waals surface area contributed by atoms with Crippen molar-refractivity contribution in [2.75, 3.05) is 12.4 Å². The minimum absolute atomic E-state index is 0.0950. The van der Waals surface area contributed by atoms with Crippen molar-refractivity contribution in [1.82, 2.24) is 0 Å². The van der Waals surface area contributed by atoms with Crippen LogP contribution in [0.2, 0.25) is 0 Å². The Kier molecular flexibility index (Phi) is 11.8. The average molecular weight is 768 g/mol. The number of sulfone groups is 1. The lowest BCUT2D eigenvalue weighted by atomic mass is 9.89. The van der Waals surface area contributed by atoms with Crippen LogP contribution in [0.25, 0.3) is 17.1 Å². The van der Waals surface area contributed by atoms with E-state index in [1.807, 2.05) is 55.6 Å². The standard InChI is InChI=1S/C25H22O2S.C11H10O6.C10H9N/c1-17-9-12-19(13-10-17)28(26,27)25-8-4-7-21-23-14-11-18-5-2-3-6-20(18)22(23)15-16-24(21)25;1-5-7(9(12)13)3-6(11(16)17-2)4-8(5)10(14)15;1-2-7-10-9(5-1)6-3-4-8-11-10/h2-3,5-6,9-13,15-16H,4,7-8,14H2,1H3;3-4H,1-2H3,(H,12,13)(H,14,15);1-8,11H. The van der Waals surface area contributed by atoms with Crippen molar-refractivity contribution in [2.45, 2.75) is 44.4 Å². The maximum atomic E-state index is 13.4. The summed E-state index contributed by atoms with van der Waals surface area (Å²) < 4.78 is 31.2. The highest BCUT2D eigenvalue weighted by Gasteiger charge is 2.26. The first-order valence-electron chi connectivity index (χ1n) is 18.0. The maximum Gasteiger partial charge on any atom is 0.337 e. The van der Waals surface area contributed by atoms with Crippen LogP contribution in [0.15, 0.2) is 120 Å². The van der Waals surface area contributed by atoms with E-state index < -0.39 is 27.7 Å². The number of methoxy groups -OCH3 is 1. The molecular weight excluding hydrogens is 727 g/mol. The number of para-hydroxylation sites is 1. The second kappa shape index (κ2) is 16.9. The summed E-state index contributed by atoms with van der Waals surface area (Å²) in [6.45, 7) is 3.34. The molecule has 284 valence electrons. The van der Waals surface area contributed by atoms with Gasteiger partial charge in [-0.3, -0.25) is 0 Å². The van der Waals surface area contributed by atoms with E-state index in [1.54, 1.807) is 12.1 Å². The number of carboxylic acid groups (broad SMARTS) is 2. The Morgan fingerprint density at radius 1 is 0.732 bits per heavy atom. The van der Waals surface area contributed by atoms with E-state index in [0.29, 0.717) is 16.2 Å². The zero-order valence-corrected chi connectivity index (χ0v) is 32.0. The molecule has 5 aromatic rings. The second-order valence-corrected chi connectivity index (χ2v) is 15.4. The fourth-order valence-corrected chi connectivity index (χ4v) is 8.75. The molecular formula is C46H41NO8S. The summed E-state index contributed by atoms with van der Waals surface area (Å²) in [5.74, 6) is -3.37. The lowest BCUT2D eigenvalue weighted by molar-refractivity contribution is 0.0600. The summed E-state index contributed by atoms with van der Waals surface area (Å²) in [5.41, 5.74) is 5.51. The van der Waals surface area contributed by atoms with Gasteiger partial charge in [0.25, 0.3) is 0 Å². The van der Waals surface area contributed by atoms with E-state index >= 15 is 0 Å². The molecule has 3 N–H and O–H groups in total. The van der Waals surface area contributed by atoms with Gasteiger partial charge in [-0.2, -0.15) is 0 Å². The highest BCUT2D eigenvalue weighted by molar-refractivity contribution is 8.00. The number of esters is 1. The van der Waals surface area contributed by atoms with E-state index in [0.717, 1.165) is 55.0 Å². The van der Waals surface area contributed by atoms with Crippen molar-refractivity contribution in [3.8, 4) is 0 Å². The number of ether oxygens (including phenoxy) is 1. The van der Waals surface area contributed by atoms with Crippen LogP contribution < -0.4 is 15.8 Å². The summed E-state index contributed by atoms with van der Waals surface area (Å²) in [6.07, 6.45) is 13.6. The fourth-order valence-electron chi connectivity index (χ4n) is 7.08. The molecule has 0 aromatic heterocycles. The Morgan fingerprint density at radius 3 is 2.09 bits per heavy atom. The second-order valence-electron chi connectivity index (χ2n) is 13.5. The number of aromatic carboxylic acids is 2.